The minimum Gasteiger partial charge on any atom is -0.497 e. The number of aromatic amines is 1. The van der Waals surface area contributed by atoms with E-state index in [1.165, 1.54) is 0 Å². The van der Waals surface area contributed by atoms with E-state index in [1.807, 2.05) is 85.9 Å². The Morgan fingerprint density at radius 3 is 2.70 bits per heavy atom. The van der Waals surface area contributed by atoms with Crippen molar-refractivity contribution in [1.29, 1.82) is 0 Å². The first kappa shape index (κ1) is 20.6. The number of amides is 1. The quantitative estimate of drug-likeness (QED) is 0.355. The maximum absolute atomic E-state index is 12.7. The van der Waals surface area contributed by atoms with E-state index in [4.69, 9.17) is 9.15 Å². The maximum atomic E-state index is 12.7. The largest absolute Gasteiger partial charge is 0.497 e. The second-order valence-corrected chi connectivity index (χ2v) is 7.81. The standard InChI is InChI=1S/C27H23N3O3/c1-17-22-11-3-4-12-24(22)33-25(17)27(31)29-15-18-7-5-9-20(13-18)26-28-16-23(30-26)19-8-6-10-21(14-19)32-2/h3-14,16H,15H2,1-2H3,(H,28,30)(H,29,31). The Morgan fingerprint density at radius 1 is 1.03 bits per heavy atom. The van der Waals surface area contributed by atoms with E-state index in [2.05, 4.69) is 15.3 Å². The van der Waals surface area contributed by atoms with Crippen LogP contribution in [0.1, 0.15) is 21.7 Å². The van der Waals surface area contributed by atoms with Crippen LogP contribution in [0, 0.1) is 6.92 Å². The summed E-state index contributed by atoms with van der Waals surface area (Å²) in [5.41, 5.74) is 5.37. The fourth-order valence-corrected chi connectivity index (χ4v) is 3.89. The number of hydrogen-bond acceptors (Lipinski definition) is 4. The van der Waals surface area contributed by atoms with E-state index in [1.54, 1.807) is 7.11 Å². The van der Waals surface area contributed by atoms with Crippen molar-refractivity contribution in [2.45, 2.75) is 13.5 Å². The molecule has 33 heavy (non-hydrogen) atoms. The molecule has 0 unspecified atom stereocenters. The van der Waals surface area contributed by atoms with Crippen LogP contribution in [0.2, 0.25) is 0 Å². The van der Waals surface area contributed by atoms with Gasteiger partial charge in [-0.1, -0.05) is 48.5 Å². The van der Waals surface area contributed by atoms with Crippen LogP contribution in [-0.4, -0.2) is 23.0 Å². The number of ether oxygens (including phenoxy) is 1. The van der Waals surface area contributed by atoms with E-state index in [9.17, 15) is 4.79 Å². The van der Waals surface area contributed by atoms with Crippen molar-refractivity contribution in [1.82, 2.24) is 15.3 Å². The second-order valence-electron chi connectivity index (χ2n) is 7.81. The first-order chi connectivity index (χ1) is 16.1. The van der Waals surface area contributed by atoms with Gasteiger partial charge in [0.1, 0.15) is 17.2 Å². The number of carbonyl (C=O) groups is 1. The highest BCUT2D eigenvalue weighted by Gasteiger charge is 2.17. The monoisotopic (exact) mass is 437 g/mol. The Balaban J connectivity index is 1.32. The molecule has 2 N–H and O–H groups in total. The van der Waals surface area contributed by atoms with Crippen molar-refractivity contribution in [3.63, 3.8) is 0 Å². The lowest BCUT2D eigenvalue weighted by atomic mass is 10.1. The van der Waals surface area contributed by atoms with E-state index in [0.717, 1.165) is 44.9 Å². The molecule has 2 heterocycles. The highest BCUT2D eigenvalue weighted by molar-refractivity contribution is 5.98. The summed E-state index contributed by atoms with van der Waals surface area (Å²) in [6.45, 7) is 2.28. The van der Waals surface area contributed by atoms with Crippen molar-refractivity contribution in [2.75, 3.05) is 7.11 Å². The molecular weight excluding hydrogens is 414 g/mol. The lowest BCUT2D eigenvalue weighted by molar-refractivity contribution is 0.0924. The third-order valence-corrected chi connectivity index (χ3v) is 5.66. The van der Waals surface area contributed by atoms with Gasteiger partial charge in [0, 0.05) is 28.6 Å². The Morgan fingerprint density at radius 2 is 1.85 bits per heavy atom. The summed E-state index contributed by atoms with van der Waals surface area (Å²) >= 11 is 0. The van der Waals surface area contributed by atoms with Gasteiger partial charge in [-0.05, 0) is 36.8 Å². The maximum Gasteiger partial charge on any atom is 0.287 e. The molecule has 164 valence electrons. The number of aryl methyl sites for hydroxylation is 1. The summed E-state index contributed by atoms with van der Waals surface area (Å²) < 4.78 is 11.1. The predicted molar refractivity (Wildman–Crippen MR) is 128 cm³/mol. The number of nitrogens with one attached hydrogen (secondary N) is 2. The number of fused-ring (bicyclic) bond motifs is 1. The summed E-state index contributed by atoms with van der Waals surface area (Å²) in [7, 11) is 1.65. The van der Waals surface area contributed by atoms with Crippen LogP contribution in [0.3, 0.4) is 0 Å². The molecule has 5 aromatic rings. The van der Waals surface area contributed by atoms with Gasteiger partial charge in [0.2, 0.25) is 0 Å². The lowest BCUT2D eigenvalue weighted by Crippen LogP contribution is -2.22. The normalized spacial score (nSPS) is 11.0. The van der Waals surface area contributed by atoms with Gasteiger partial charge in [-0.2, -0.15) is 0 Å². The number of benzene rings is 3. The van der Waals surface area contributed by atoms with Crippen LogP contribution in [0.5, 0.6) is 5.75 Å². The third-order valence-electron chi connectivity index (χ3n) is 5.66. The average molecular weight is 437 g/mol. The lowest BCUT2D eigenvalue weighted by Gasteiger charge is -2.06. The first-order valence-electron chi connectivity index (χ1n) is 10.7. The van der Waals surface area contributed by atoms with Gasteiger partial charge in [-0.25, -0.2) is 4.98 Å². The van der Waals surface area contributed by atoms with Gasteiger partial charge in [0.15, 0.2) is 5.76 Å². The second kappa shape index (κ2) is 8.67. The molecule has 3 aromatic carbocycles. The Kier molecular flexibility index (Phi) is 5.40. The summed E-state index contributed by atoms with van der Waals surface area (Å²) in [6, 6.07) is 23.4. The van der Waals surface area contributed by atoms with E-state index in [0.29, 0.717) is 17.9 Å². The Labute approximate surface area is 191 Å². The van der Waals surface area contributed by atoms with Crippen molar-refractivity contribution in [3.05, 3.63) is 95.9 Å². The molecule has 5 rings (SSSR count). The molecule has 0 saturated heterocycles. The van der Waals surface area contributed by atoms with Gasteiger partial charge >= 0.3 is 0 Å². The van der Waals surface area contributed by atoms with Crippen LogP contribution >= 0.6 is 0 Å². The topological polar surface area (TPSA) is 80.2 Å². The van der Waals surface area contributed by atoms with Crippen molar-refractivity contribution in [3.8, 4) is 28.4 Å². The zero-order valence-electron chi connectivity index (χ0n) is 18.4. The number of aromatic nitrogens is 2. The Hall–Kier alpha value is -4.32. The number of methoxy groups -OCH3 is 1. The van der Waals surface area contributed by atoms with E-state index in [-0.39, 0.29) is 5.91 Å². The molecule has 6 nitrogen and oxygen atoms in total. The number of nitrogens with zero attached hydrogens (tertiary/aromatic N) is 1. The molecule has 0 aliphatic heterocycles. The molecule has 0 aliphatic rings. The first-order valence-corrected chi connectivity index (χ1v) is 10.7. The minimum absolute atomic E-state index is 0.229. The highest BCUT2D eigenvalue weighted by Crippen LogP contribution is 2.26. The predicted octanol–water partition coefficient (Wildman–Crippen LogP) is 5.74. The summed E-state index contributed by atoms with van der Waals surface area (Å²) in [5, 5.41) is 3.92. The number of H-pyrrole nitrogens is 1. The number of carbonyl (C=O) groups excluding carboxylic acids is 1. The van der Waals surface area contributed by atoms with Gasteiger partial charge in [0.05, 0.1) is 19.0 Å². The van der Waals surface area contributed by atoms with Crippen LogP contribution in [0.25, 0.3) is 33.6 Å². The van der Waals surface area contributed by atoms with Crippen LogP contribution < -0.4 is 10.1 Å². The zero-order chi connectivity index (χ0) is 22.8. The zero-order valence-corrected chi connectivity index (χ0v) is 18.4. The highest BCUT2D eigenvalue weighted by atomic mass is 16.5. The molecule has 0 atom stereocenters. The molecule has 0 spiro atoms. The number of imidazole rings is 1. The van der Waals surface area contributed by atoms with Crippen LogP contribution in [0.15, 0.2) is 83.4 Å². The fraction of sp³-hybridized carbons (Fsp3) is 0.111. The molecule has 0 aliphatic carbocycles. The molecule has 0 bridgehead atoms. The van der Waals surface area contributed by atoms with Crippen molar-refractivity contribution < 1.29 is 13.9 Å². The van der Waals surface area contributed by atoms with Crippen LogP contribution in [0.4, 0.5) is 0 Å². The van der Waals surface area contributed by atoms with Gasteiger partial charge in [0.25, 0.3) is 5.91 Å². The van der Waals surface area contributed by atoms with E-state index >= 15 is 0 Å². The van der Waals surface area contributed by atoms with Crippen molar-refractivity contribution >= 4 is 16.9 Å². The minimum atomic E-state index is -0.229. The Bertz CT molecular complexity index is 1450. The molecule has 2 aromatic heterocycles. The SMILES string of the molecule is COc1cccc(-c2cnc(-c3cccc(CNC(=O)c4oc5ccccc5c4C)c3)[nH]2)c1. The molecule has 6 heteroatoms. The smallest absolute Gasteiger partial charge is 0.287 e. The molecule has 1 amide bonds. The summed E-state index contributed by atoms with van der Waals surface area (Å²) in [4.78, 5) is 20.7. The molecule has 0 radical (unpaired) electrons. The number of rotatable bonds is 6. The number of hydrogen-bond donors (Lipinski definition) is 2. The summed E-state index contributed by atoms with van der Waals surface area (Å²) in [6.07, 6.45) is 1.81. The van der Waals surface area contributed by atoms with E-state index < -0.39 is 0 Å². The molecule has 0 fully saturated rings. The average Bonchev–Trinajstić information content (AvgIpc) is 3.48. The number of furan rings is 1. The van der Waals surface area contributed by atoms with Gasteiger partial charge < -0.3 is 19.5 Å². The number of para-hydroxylation sites is 1. The molecule has 0 saturated carbocycles. The molecular formula is C27H23N3O3. The summed E-state index contributed by atoms with van der Waals surface area (Å²) in [5.74, 6) is 1.67. The van der Waals surface area contributed by atoms with Crippen molar-refractivity contribution in [2.24, 2.45) is 0 Å². The fourth-order valence-electron chi connectivity index (χ4n) is 3.89. The third kappa shape index (κ3) is 4.11. The van der Waals surface area contributed by atoms with Gasteiger partial charge in [-0.3, -0.25) is 4.79 Å². The van der Waals surface area contributed by atoms with Gasteiger partial charge in [-0.15, -0.1) is 0 Å². The van der Waals surface area contributed by atoms with Crippen LogP contribution in [-0.2, 0) is 6.54 Å².